The van der Waals surface area contributed by atoms with Crippen molar-refractivity contribution >= 4 is 33.2 Å². The van der Waals surface area contributed by atoms with Gasteiger partial charge < -0.3 is 15.0 Å². The standard InChI is InChI=1S/C18H20BrN3O4/c1-12(13-4-9-17(26-3)16(19)10-13)20-11-18(23)21(2)14-5-7-15(8-6-14)22(24)25/h4-10,12,20H,11H2,1-3H3. The fourth-order valence-electron chi connectivity index (χ4n) is 2.37. The third-order valence-corrected chi connectivity index (χ3v) is 4.68. The van der Waals surface area contributed by atoms with Crippen LogP contribution >= 0.6 is 15.9 Å². The van der Waals surface area contributed by atoms with Gasteiger partial charge in [-0.15, -0.1) is 0 Å². The van der Waals surface area contributed by atoms with Crippen LogP contribution in [-0.4, -0.2) is 31.5 Å². The predicted octanol–water partition coefficient (Wildman–Crippen LogP) is 3.68. The molecule has 0 saturated heterocycles. The van der Waals surface area contributed by atoms with Crippen LogP contribution in [0.4, 0.5) is 11.4 Å². The Kier molecular flexibility index (Phi) is 6.70. The largest absolute Gasteiger partial charge is 0.496 e. The van der Waals surface area contributed by atoms with Crippen molar-refractivity contribution in [2.45, 2.75) is 13.0 Å². The van der Waals surface area contributed by atoms with Gasteiger partial charge in [0.25, 0.3) is 5.69 Å². The molecule has 0 aliphatic carbocycles. The highest BCUT2D eigenvalue weighted by atomic mass is 79.9. The van der Waals surface area contributed by atoms with E-state index in [-0.39, 0.29) is 24.2 Å². The van der Waals surface area contributed by atoms with E-state index in [0.29, 0.717) is 5.69 Å². The van der Waals surface area contributed by atoms with Crippen molar-refractivity contribution in [2.24, 2.45) is 0 Å². The van der Waals surface area contributed by atoms with E-state index in [1.54, 1.807) is 26.3 Å². The smallest absolute Gasteiger partial charge is 0.269 e. The van der Waals surface area contributed by atoms with Crippen LogP contribution in [0, 0.1) is 10.1 Å². The van der Waals surface area contributed by atoms with Gasteiger partial charge in [0.15, 0.2) is 0 Å². The number of carbonyl (C=O) groups is 1. The Balaban J connectivity index is 1.96. The maximum Gasteiger partial charge on any atom is 0.269 e. The predicted molar refractivity (Wildman–Crippen MR) is 104 cm³/mol. The van der Waals surface area contributed by atoms with Gasteiger partial charge in [-0.2, -0.15) is 0 Å². The quantitative estimate of drug-likeness (QED) is 0.544. The number of nitrogens with zero attached hydrogens (tertiary/aromatic N) is 2. The molecule has 8 heteroatoms. The molecule has 2 aromatic rings. The summed E-state index contributed by atoms with van der Waals surface area (Å²) in [6.07, 6.45) is 0. The molecule has 0 bridgehead atoms. The first-order valence-corrected chi connectivity index (χ1v) is 8.70. The molecule has 26 heavy (non-hydrogen) atoms. The Morgan fingerprint density at radius 3 is 2.50 bits per heavy atom. The number of nitrogens with one attached hydrogen (secondary N) is 1. The first kappa shape index (κ1) is 19.9. The summed E-state index contributed by atoms with van der Waals surface area (Å²) in [5, 5.41) is 13.9. The SMILES string of the molecule is COc1ccc(C(C)NCC(=O)N(C)c2ccc([N+](=O)[O-])cc2)cc1Br. The topological polar surface area (TPSA) is 84.7 Å². The number of nitro benzene ring substituents is 1. The van der Waals surface area contributed by atoms with Crippen LogP contribution in [0.15, 0.2) is 46.9 Å². The van der Waals surface area contributed by atoms with Gasteiger partial charge in [0.2, 0.25) is 5.91 Å². The van der Waals surface area contributed by atoms with E-state index in [9.17, 15) is 14.9 Å². The molecule has 0 aliphatic rings. The zero-order valence-electron chi connectivity index (χ0n) is 14.7. The van der Waals surface area contributed by atoms with E-state index < -0.39 is 4.92 Å². The van der Waals surface area contributed by atoms with Gasteiger partial charge in [-0.25, -0.2) is 0 Å². The molecular weight excluding hydrogens is 402 g/mol. The third kappa shape index (κ3) is 4.80. The molecule has 2 rings (SSSR count). The second kappa shape index (κ2) is 8.77. The molecule has 0 saturated carbocycles. The van der Waals surface area contributed by atoms with Gasteiger partial charge in [-0.3, -0.25) is 14.9 Å². The van der Waals surface area contributed by atoms with Crippen LogP contribution in [0.2, 0.25) is 0 Å². The number of likely N-dealkylation sites (N-methyl/N-ethyl adjacent to an activating group) is 1. The van der Waals surface area contributed by atoms with Gasteiger partial charge in [-0.1, -0.05) is 6.07 Å². The molecule has 0 aromatic heterocycles. The molecule has 0 heterocycles. The molecule has 7 nitrogen and oxygen atoms in total. The fraction of sp³-hybridized carbons (Fsp3) is 0.278. The zero-order valence-corrected chi connectivity index (χ0v) is 16.3. The highest BCUT2D eigenvalue weighted by Gasteiger charge is 2.15. The second-order valence-corrected chi connectivity index (χ2v) is 6.58. The minimum Gasteiger partial charge on any atom is -0.496 e. The Morgan fingerprint density at radius 2 is 1.96 bits per heavy atom. The molecule has 0 fully saturated rings. The average Bonchev–Trinajstić information content (AvgIpc) is 2.65. The van der Waals surface area contributed by atoms with Gasteiger partial charge in [-0.05, 0) is 52.7 Å². The number of benzene rings is 2. The van der Waals surface area contributed by atoms with Crippen LogP contribution in [-0.2, 0) is 4.79 Å². The van der Waals surface area contributed by atoms with Crippen molar-refractivity contribution in [2.75, 3.05) is 25.6 Å². The second-order valence-electron chi connectivity index (χ2n) is 5.72. The van der Waals surface area contributed by atoms with Gasteiger partial charge in [0.05, 0.1) is 23.1 Å². The molecule has 0 aliphatic heterocycles. The van der Waals surface area contributed by atoms with Gasteiger partial charge in [0.1, 0.15) is 5.75 Å². The molecular formula is C18H20BrN3O4. The summed E-state index contributed by atoms with van der Waals surface area (Å²) >= 11 is 3.45. The summed E-state index contributed by atoms with van der Waals surface area (Å²) in [7, 11) is 3.24. The molecule has 0 radical (unpaired) electrons. The summed E-state index contributed by atoms with van der Waals surface area (Å²) in [6.45, 7) is 2.10. The highest BCUT2D eigenvalue weighted by molar-refractivity contribution is 9.10. The van der Waals surface area contributed by atoms with Gasteiger partial charge in [0, 0.05) is 30.9 Å². The van der Waals surface area contributed by atoms with Crippen LogP contribution in [0.1, 0.15) is 18.5 Å². The van der Waals surface area contributed by atoms with Crippen molar-refractivity contribution in [3.8, 4) is 5.75 Å². The third-order valence-electron chi connectivity index (χ3n) is 4.06. The number of non-ortho nitro benzene ring substituents is 1. The normalized spacial score (nSPS) is 11.7. The summed E-state index contributed by atoms with van der Waals surface area (Å²) in [5.41, 5.74) is 1.61. The van der Waals surface area contributed by atoms with Crippen LogP contribution < -0.4 is 15.0 Å². The average molecular weight is 422 g/mol. The first-order chi connectivity index (χ1) is 12.3. The minimum atomic E-state index is -0.470. The Bertz CT molecular complexity index is 796. The number of carbonyl (C=O) groups excluding carboxylic acids is 1. The molecule has 1 atom stereocenters. The maximum absolute atomic E-state index is 12.4. The van der Waals surface area contributed by atoms with E-state index in [1.807, 2.05) is 25.1 Å². The lowest BCUT2D eigenvalue weighted by molar-refractivity contribution is -0.384. The number of anilines is 1. The molecule has 1 N–H and O–H groups in total. The Hall–Kier alpha value is -2.45. The van der Waals surface area contributed by atoms with E-state index >= 15 is 0 Å². The lowest BCUT2D eigenvalue weighted by Crippen LogP contribution is -2.36. The first-order valence-electron chi connectivity index (χ1n) is 7.91. The van der Waals surface area contributed by atoms with E-state index in [1.165, 1.54) is 17.0 Å². The molecule has 1 amide bonds. The molecule has 1 unspecified atom stereocenters. The Labute approximate surface area is 160 Å². The molecule has 2 aromatic carbocycles. The van der Waals surface area contributed by atoms with Crippen LogP contribution in [0.25, 0.3) is 0 Å². The molecule has 138 valence electrons. The molecule has 0 spiro atoms. The summed E-state index contributed by atoms with van der Waals surface area (Å²) < 4.78 is 6.06. The van der Waals surface area contributed by atoms with Crippen LogP contribution in [0.3, 0.4) is 0 Å². The van der Waals surface area contributed by atoms with Crippen molar-refractivity contribution in [1.82, 2.24) is 5.32 Å². The lowest BCUT2D eigenvalue weighted by atomic mass is 10.1. The number of hydrogen-bond donors (Lipinski definition) is 1. The maximum atomic E-state index is 12.4. The number of ether oxygens (including phenoxy) is 1. The zero-order chi connectivity index (χ0) is 19.3. The summed E-state index contributed by atoms with van der Waals surface area (Å²) in [6, 6.07) is 11.6. The van der Waals surface area contributed by atoms with E-state index in [4.69, 9.17) is 4.74 Å². The Morgan fingerprint density at radius 1 is 1.31 bits per heavy atom. The lowest BCUT2D eigenvalue weighted by Gasteiger charge is -2.20. The number of hydrogen-bond acceptors (Lipinski definition) is 5. The van der Waals surface area contributed by atoms with Crippen molar-refractivity contribution < 1.29 is 14.5 Å². The van der Waals surface area contributed by atoms with Crippen LogP contribution in [0.5, 0.6) is 5.75 Å². The minimum absolute atomic E-state index is 0.00794. The summed E-state index contributed by atoms with van der Waals surface area (Å²) in [4.78, 5) is 24.1. The van der Waals surface area contributed by atoms with Crippen molar-refractivity contribution in [1.29, 1.82) is 0 Å². The highest BCUT2D eigenvalue weighted by Crippen LogP contribution is 2.28. The fourth-order valence-corrected chi connectivity index (χ4v) is 2.93. The number of nitro groups is 1. The number of halogens is 1. The number of amides is 1. The summed E-state index contributed by atoms with van der Waals surface area (Å²) in [5.74, 6) is 0.605. The van der Waals surface area contributed by atoms with E-state index in [2.05, 4.69) is 21.2 Å². The number of rotatable bonds is 7. The van der Waals surface area contributed by atoms with Crippen molar-refractivity contribution in [3.63, 3.8) is 0 Å². The monoisotopic (exact) mass is 421 g/mol. The number of methoxy groups -OCH3 is 1. The van der Waals surface area contributed by atoms with E-state index in [0.717, 1.165) is 15.8 Å². The van der Waals surface area contributed by atoms with Crippen molar-refractivity contribution in [3.05, 3.63) is 62.6 Å². The van der Waals surface area contributed by atoms with Gasteiger partial charge >= 0.3 is 0 Å².